The first kappa shape index (κ1) is 13.4. The van der Waals surface area contributed by atoms with E-state index in [2.05, 4.69) is 24.2 Å². The van der Waals surface area contributed by atoms with E-state index in [0.29, 0.717) is 6.61 Å². The van der Waals surface area contributed by atoms with Crippen molar-refractivity contribution in [2.24, 2.45) is 0 Å². The molecule has 0 saturated carbocycles. The van der Waals surface area contributed by atoms with Gasteiger partial charge in [-0.25, -0.2) is 4.68 Å². The highest BCUT2D eigenvalue weighted by molar-refractivity contribution is 5.30. The summed E-state index contributed by atoms with van der Waals surface area (Å²) >= 11 is 0. The highest BCUT2D eigenvalue weighted by Crippen LogP contribution is 2.14. The van der Waals surface area contributed by atoms with E-state index in [0.717, 1.165) is 23.6 Å². The number of aromatic nitrogens is 2. The molecular weight excluding hydrogens is 260 g/mol. The van der Waals surface area contributed by atoms with E-state index in [-0.39, 0.29) is 0 Å². The van der Waals surface area contributed by atoms with Crippen molar-refractivity contribution in [1.29, 1.82) is 0 Å². The fourth-order valence-corrected chi connectivity index (χ4v) is 2.14. The van der Waals surface area contributed by atoms with Crippen LogP contribution < -0.4 is 4.74 Å². The second-order valence-corrected chi connectivity index (χ2v) is 4.87. The summed E-state index contributed by atoms with van der Waals surface area (Å²) in [7, 11) is 0. The van der Waals surface area contributed by atoms with Crippen LogP contribution in [0.5, 0.6) is 5.75 Å². The minimum atomic E-state index is 0.477. The molecule has 1 aromatic heterocycles. The van der Waals surface area contributed by atoms with E-state index in [9.17, 15) is 0 Å². The minimum Gasteiger partial charge on any atom is -0.487 e. The zero-order valence-corrected chi connectivity index (χ0v) is 12.1. The first-order valence-corrected chi connectivity index (χ1v) is 7.17. The molecule has 0 saturated heterocycles. The van der Waals surface area contributed by atoms with Crippen LogP contribution in [0.15, 0.2) is 66.9 Å². The minimum absolute atomic E-state index is 0.477. The van der Waals surface area contributed by atoms with Crippen molar-refractivity contribution < 1.29 is 4.74 Å². The monoisotopic (exact) mass is 278 g/mol. The van der Waals surface area contributed by atoms with Crippen LogP contribution in [0, 0.1) is 0 Å². The zero-order chi connectivity index (χ0) is 14.5. The second-order valence-electron chi connectivity index (χ2n) is 4.87. The summed E-state index contributed by atoms with van der Waals surface area (Å²) in [6.45, 7) is 2.62. The predicted octanol–water partition coefficient (Wildman–Crippen LogP) is 4.01. The lowest BCUT2D eigenvalue weighted by molar-refractivity contribution is 0.300. The molecule has 0 aliphatic carbocycles. The van der Waals surface area contributed by atoms with Gasteiger partial charge in [0.25, 0.3) is 0 Å². The molecule has 0 amide bonds. The Bertz CT molecular complexity index is 687. The topological polar surface area (TPSA) is 27.1 Å². The van der Waals surface area contributed by atoms with Gasteiger partial charge in [-0.15, -0.1) is 0 Å². The van der Waals surface area contributed by atoms with Crippen molar-refractivity contribution in [2.45, 2.75) is 20.0 Å². The number of para-hydroxylation sites is 1. The van der Waals surface area contributed by atoms with Crippen LogP contribution in [0.1, 0.15) is 18.2 Å². The van der Waals surface area contributed by atoms with Crippen molar-refractivity contribution in [3.8, 4) is 11.4 Å². The van der Waals surface area contributed by atoms with Gasteiger partial charge in [0.1, 0.15) is 18.1 Å². The third-order valence-electron chi connectivity index (χ3n) is 3.38. The summed E-state index contributed by atoms with van der Waals surface area (Å²) in [5.74, 6) is 0.876. The quantitative estimate of drug-likeness (QED) is 0.705. The van der Waals surface area contributed by atoms with Crippen LogP contribution in [0.25, 0.3) is 5.69 Å². The normalized spacial score (nSPS) is 10.5. The van der Waals surface area contributed by atoms with Crippen LogP contribution >= 0.6 is 0 Å². The summed E-state index contributed by atoms with van der Waals surface area (Å²) in [5.41, 5.74) is 3.28. The molecule has 2 aromatic carbocycles. The second kappa shape index (κ2) is 6.27. The van der Waals surface area contributed by atoms with Crippen molar-refractivity contribution in [1.82, 2.24) is 9.78 Å². The fourth-order valence-electron chi connectivity index (χ4n) is 2.14. The van der Waals surface area contributed by atoms with Gasteiger partial charge in [-0.3, -0.25) is 0 Å². The molecule has 21 heavy (non-hydrogen) atoms. The molecule has 0 spiro atoms. The predicted molar refractivity (Wildman–Crippen MR) is 83.7 cm³/mol. The lowest BCUT2D eigenvalue weighted by Gasteiger charge is -2.05. The van der Waals surface area contributed by atoms with E-state index in [4.69, 9.17) is 4.74 Å². The van der Waals surface area contributed by atoms with Gasteiger partial charge in [-0.1, -0.05) is 37.3 Å². The van der Waals surface area contributed by atoms with Crippen molar-refractivity contribution >= 4 is 0 Å². The maximum Gasteiger partial charge on any atom is 0.132 e. The molecule has 0 N–H and O–H groups in total. The summed E-state index contributed by atoms with van der Waals surface area (Å²) in [6.07, 6.45) is 3.00. The molecule has 0 unspecified atom stereocenters. The van der Waals surface area contributed by atoms with Gasteiger partial charge in [-0.05, 0) is 42.3 Å². The molecule has 0 atom stereocenters. The smallest absolute Gasteiger partial charge is 0.132 e. The highest BCUT2D eigenvalue weighted by Gasteiger charge is 2.02. The molecule has 3 heteroatoms. The molecule has 0 radical (unpaired) electrons. The van der Waals surface area contributed by atoms with Crippen molar-refractivity contribution in [2.75, 3.05) is 0 Å². The van der Waals surface area contributed by atoms with Gasteiger partial charge in [0.2, 0.25) is 0 Å². The van der Waals surface area contributed by atoms with Crippen LogP contribution in [0.2, 0.25) is 0 Å². The van der Waals surface area contributed by atoms with Gasteiger partial charge >= 0.3 is 0 Å². The van der Waals surface area contributed by atoms with Gasteiger partial charge in [-0.2, -0.15) is 5.10 Å². The number of benzene rings is 2. The largest absolute Gasteiger partial charge is 0.487 e. The molecule has 3 aromatic rings. The first-order chi connectivity index (χ1) is 10.3. The van der Waals surface area contributed by atoms with Crippen LogP contribution in [-0.4, -0.2) is 9.78 Å². The summed E-state index contributed by atoms with van der Waals surface area (Å²) in [4.78, 5) is 0. The molecule has 0 fully saturated rings. The SMILES string of the molecule is CCc1ccc(OCc2ccn(-c3ccccc3)n2)cc1. The van der Waals surface area contributed by atoms with Gasteiger partial charge in [0, 0.05) is 6.20 Å². The molecule has 3 rings (SSSR count). The molecule has 106 valence electrons. The molecular formula is C18H18N2O. The van der Waals surface area contributed by atoms with Crippen molar-refractivity contribution in [3.05, 3.63) is 78.1 Å². The number of ether oxygens (including phenoxy) is 1. The van der Waals surface area contributed by atoms with Crippen LogP contribution in [-0.2, 0) is 13.0 Å². The lowest BCUT2D eigenvalue weighted by Crippen LogP contribution is -1.99. The Morgan fingerprint density at radius 2 is 1.71 bits per heavy atom. The van der Waals surface area contributed by atoms with E-state index in [1.165, 1.54) is 5.56 Å². The Morgan fingerprint density at radius 1 is 0.952 bits per heavy atom. The van der Waals surface area contributed by atoms with E-state index >= 15 is 0 Å². The Kier molecular flexibility index (Phi) is 4.01. The van der Waals surface area contributed by atoms with Gasteiger partial charge in [0.15, 0.2) is 0 Å². The number of nitrogens with zero attached hydrogens (tertiary/aromatic N) is 2. The number of rotatable bonds is 5. The number of hydrogen-bond acceptors (Lipinski definition) is 2. The standard InChI is InChI=1S/C18H18N2O/c1-2-15-8-10-18(11-9-15)21-14-16-12-13-20(19-16)17-6-4-3-5-7-17/h3-13H,2,14H2,1H3. The Labute approximate surface area is 124 Å². The first-order valence-electron chi connectivity index (χ1n) is 7.17. The number of aryl methyl sites for hydroxylation is 1. The number of hydrogen-bond donors (Lipinski definition) is 0. The Hall–Kier alpha value is -2.55. The van der Waals surface area contributed by atoms with E-state index in [1.54, 1.807) is 0 Å². The zero-order valence-electron chi connectivity index (χ0n) is 12.1. The third-order valence-corrected chi connectivity index (χ3v) is 3.38. The lowest BCUT2D eigenvalue weighted by atomic mass is 10.2. The van der Waals surface area contributed by atoms with E-state index in [1.807, 2.05) is 59.4 Å². The van der Waals surface area contributed by atoms with Gasteiger partial charge in [0.05, 0.1) is 5.69 Å². The highest BCUT2D eigenvalue weighted by atomic mass is 16.5. The summed E-state index contributed by atoms with van der Waals surface area (Å²) in [5, 5.41) is 4.52. The molecule has 0 bridgehead atoms. The Morgan fingerprint density at radius 3 is 2.43 bits per heavy atom. The van der Waals surface area contributed by atoms with Gasteiger partial charge < -0.3 is 4.74 Å². The van der Waals surface area contributed by atoms with Crippen LogP contribution in [0.3, 0.4) is 0 Å². The molecule has 0 aliphatic rings. The molecule has 3 nitrogen and oxygen atoms in total. The summed E-state index contributed by atoms with van der Waals surface area (Å²) < 4.78 is 7.62. The average Bonchev–Trinajstić information content (AvgIpc) is 3.03. The fraction of sp³-hybridized carbons (Fsp3) is 0.167. The maximum atomic E-state index is 5.76. The maximum absolute atomic E-state index is 5.76. The Balaban J connectivity index is 1.64. The molecule has 1 heterocycles. The van der Waals surface area contributed by atoms with Crippen LogP contribution in [0.4, 0.5) is 0 Å². The van der Waals surface area contributed by atoms with E-state index < -0.39 is 0 Å². The average molecular weight is 278 g/mol. The van der Waals surface area contributed by atoms with Crippen molar-refractivity contribution in [3.63, 3.8) is 0 Å². The summed E-state index contributed by atoms with van der Waals surface area (Å²) in [6, 6.07) is 20.2. The molecule has 0 aliphatic heterocycles. The third kappa shape index (κ3) is 3.31.